The van der Waals surface area contributed by atoms with Crippen molar-refractivity contribution in [3.8, 4) is 0 Å². The second kappa shape index (κ2) is 5.79. The Morgan fingerprint density at radius 2 is 2.08 bits per heavy atom. The number of Topliss-reactive ketones (excluding diaryl/α,β-unsaturated/α-hetero) is 1. The summed E-state index contributed by atoms with van der Waals surface area (Å²) in [6, 6.07) is 0. The van der Waals surface area contributed by atoms with Crippen LogP contribution in [0.3, 0.4) is 0 Å². The van der Waals surface area contributed by atoms with Crippen molar-refractivity contribution in [2.45, 2.75) is 58.8 Å². The Morgan fingerprint density at radius 3 is 2.83 bits per heavy atom. The molecule has 0 bridgehead atoms. The van der Waals surface area contributed by atoms with Crippen LogP contribution in [0.4, 0.5) is 0 Å². The molecule has 4 rings (SSSR count). The first-order valence-electron chi connectivity index (χ1n) is 9.82. The molecule has 3 fully saturated rings. The van der Waals surface area contributed by atoms with Crippen molar-refractivity contribution in [3.05, 3.63) is 11.6 Å². The molecule has 0 aromatic heterocycles. The standard InChI is InChI=1S/C21H30O3/c1-12-9-13-10-14(23)3-4-15(13)16-7-8-21(2)17(19(24)11-22)5-6-18(21)20(12)16/h10,12,15-18,20,22H,3-9,11H2,1-2H3/t12-,15+,16-,17-,18+,20-,21-/m1/s1. The van der Waals surface area contributed by atoms with E-state index in [0.29, 0.717) is 35.4 Å². The van der Waals surface area contributed by atoms with Crippen LogP contribution < -0.4 is 0 Å². The third-order valence-corrected chi connectivity index (χ3v) is 8.19. The van der Waals surface area contributed by atoms with E-state index < -0.39 is 0 Å². The molecule has 4 aliphatic rings. The summed E-state index contributed by atoms with van der Waals surface area (Å²) in [5.41, 5.74) is 1.51. The molecule has 132 valence electrons. The van der Waals surface area contributed by atoms with Crippen LogP contribution in [0, 0.1) is 40.9 Å². The second-order valence-corrected chi connectivity index (χ2v) is 9.16. The molecule has 0 spiro atoms. The molecule has 24 heavy (non-hydrogen) atoms. The van der Waals surface area contributed by atoms with Crippen LogP contribution in [0.2, 0.25) is 0 Å². The molecule has 7 atom stereocenters. The van der Waals surface area contributed by atoms with Crippen molar-refractivity contribution in [2.24, 2.45) is 40.9 Å². The van der Waals surface area contributed by atoms with Crippen LogP contribution >= 0.6 is 0 Å². The average molecular weight is 330 g/mol. The van der Waals surface area contributed by atoms with E-state index >= 15 is 0 Å². The van der Waals surface area contributed by atoms with Crippen LogP contribution in [0.25, 0.3) is 0 Å². The summed E-state index contributed by atoms with van der Waals surface area (Å²) in [7, 11) is 0. The lowest BCUT2D eigenvalue weighted by molar-refractivity contribution is -0.133. The molecule has 4 aliphatic carbocycles. The molecule has 0 unspecified atom stereocenters. The van der Waals surface area contributed by atoms with Gasteiger partial charge in [0, 0.05) is 12.3 Å². The van der Waals surface area contributed by atoms with Crippen LogP contribution in [0.15, 0.2) is 11.6 Å². The van der Waals surface area contributed by atoms with Crippen molar-refractivity contribution < 1.29 is 14.7 Å². The maximum Gasteiger partial charge on any atom is 0.161 e. The minimum absolute atomic E-state index is 0.0607. The number of hydrogen-bond donors (Lipinski definition) is 1. The van der Waals surface area contributed by atoms with Gasteiger partial charge in [0.25, 0.3) is 0 Å². The fraction of sp³-hybridized carbons (Fsp3) is 0.810. The molecule has 0 aromatic carbocycles. The fourth-order valence-electron chi connectivity index (χ4n) is 7.23. The van der Waals surface area contributed by atoms with E-state index in [9.17, 15) is 14.7 Å². The maximum atomic E-state index is 12.3. The summed E-state index contributed by atoms with van der Waals surface area (Å²) in [6.45, 7) is 4.39. The highest BCUT2D eigenvalue weighted by molar-refractivity contribution is 5.91. The summed E-state index contributed by atoms with van der Waals surface area (Å²) < 4.78 is 0. The highest BCUT2D eigenvalue weighted by Crippen LogP contribution is 2.64. The van der Waals surface area contributed by atoms with Crippen molar-refractivity contribution in [1.29, 1.82) is 0 Å². The van der Waals surface area contributed by atoms with E-state index in [0.717, 1.165) is 38.5 Å². The second-order valence-electron chi connectivity index (χ2n) is 9.16. The quantitative estimate of drug-likeness (QED) is 0.842. The Bertz CT molecular complexity index is 592. The summed E-state index contributed by atoms with van der Waals surface area (Å²) >= 11 is 0. The lowest BCUT2D eigenvalue weighted by Crippen LogP contribution is -2.50. The van der Waals surface area contributed by atoms with Crippen molar-refractivity contribution in [2.75, 3.05) is 6.61 Å². The first kappa shape index (κ1) is 16.5. The van der Waals surface area contributed by atoms with Gasteiger partial charge in [0.1, 0.15) is 6.61 Å². The smallest absolute Gasteiger partial charge is 0.161 e. The molecule has 0 amide bonds. The van der Waals surface area contributed by atoms with Crippen molar-refractivity contribution in [1.82, 2.24) is 0 Å². The number of allylic oxidation sites excluding steroid dienone is 1. The van der Waals surface area contributed by atoms with Gasteiger partial charge in [-0.05, 0) is 79.6 Å². The van der Waals surface area contributed by atoms with Crippen molar-refractivity contribution >= 4 is 11.6 Å². The van der Waals surface area contributed by atoms with Gasteiger partial charge in [0.2, 0.25) is 0 Å². The lowest BCUT2D eigenvalue weighted by atomic mass is 9.49. The molecule has 3 nitrogen and oxygen atoms in total. The van der Waals surface area contributed by atoms with E-state index in [4.69, 9.17) is 0 Å². The van der Waals surface area contributed by atoms with Gasteiger partial charge in [-0.3, -0.25) is 9.59 Å². The van der Waals surface area contributed by atoms with Crippen LogP contribution in [-0.4, -0.2) is 23.3 Å². The van der Waals surface area contributed by atoms with Gasteiger partial charge >= 0.3 is 0 Å². The van der Waals surface area contributed by atoms with Gasteiger partial charge in [-0.15, -0.1) is 0 Å². The molecule has 0 radical (unpaired) electrons. The molecule has 1 N–H and O–H groups in total. The minimum atomic E-state index is -0.297. The number of fused-ring (bicyclic) bond motifs is 5. The van der Waals surface area contributed by atoms with Gasteiger partial charge in [-0.2, -0.15) is 0 Å². The fourth-order valence-corrected chi connectivity index (χ4v) is 7.23. The van der Waals surface area contributed by atoms with E-state index in [1.54, 1.807) is 0 Å². The maximum absolute atomic E-state index is 12.3. The highest BCUT2D eigenvalue weighted by atomic mass is 16.3. The lowest BCUT2D eigenvalue weighted by Gasteiger charge is -2.56. The average Bonchev–Trinajstić information content (AvgIpc) is 2.90. The number of aliphatic hydroxyl groups is 1. The number of rotatable bonds is 2. The van der Waals surface area contributed by atoms with Gasteiger partial charge < -0.3 is 5.11 Å². The number of aliphatic hydroxyl groups excluding tert-OH is 1. The number of ketones is 2. The first-order valence-corrected chi connectivity index (χ1v) is 9.82. The summed E-state index contributed by atoms with van der Waals surface area (Å²) in [6.07, 6.45) is 9.20. The number of hydrogen-bond acceptors (Lipinski definition) is 3. The molecule has 0 heterocycles. The Labute approximate surface area is 144 Å². The number of carbonyl (C=O) groups excluding carboxylic acids is 2. The molecule has 3 heteroatoms. The van der Waals surface area contributed by atoms with Crippen LogP contribution in [0.1, 0.15) is 58.8 Å². The third-order valence-electron chi connectivity index (χ3n) is 8.19. The predicted octanol–water partition coefficient (Wildman–Crippen LogP) is 3.55. The van der Waals surface area contributed by atoms with Gasteiger partial charge in [-0.25, -0.2) is 0 Å². The first-order chi connectivity index (χ1) is 11.5. The normalized spacial score (nSPS) is 47.5. The Balaban J connectivity index is 1.65. The van der Waals surface area contributed by atoms with E-state index in [-0.39, 0.29) is 23.7 Å². The summed E-state index contributed by atoms with van der Waals surface area (Å²) in [4.78, 5) is 24.1. The largest absolute Gasteiger partial charge is 0.389 e. The predicted molar refractivity (Wildman–Crippen MR) is 92.2 cm³/mol. The molecule has 3 saturated carbocycles. The Kier molecular flexibility index (Phi) is 3.98. The SMILES string of the molecule is C[C@@H]1CC2=CC(=O)CC[C@@H]2[C@H]2CC[C@]3(C)[C@@H](C(=O)CO)CC[C@H]3[C@@H]21. The molecular formula is C21H30O3. The van der Waals surface area contributed by atoms with Gasteiger partial charge in [0.05, 0.1) is 0 Å². The van der Waals surface area contributed by atoms with E-state index in [2.05, 4.69) is 13.8 Å². The molecule has 0 aromatic rings. The zero-order valence-corrected chi connectivity index (χ0v) is 15.0. The Morgan fingerprint density at radius 1 is 1.29 bits per heavy atom. The zero-order valence-electron chi connectivity index (χ0n) is 15.0. The van der Waals surface area contributed by atoms with E-state index in [1.165, 1.54) is 12.0 Å². The van der Waals surface area contributed by atoms with Gasteiger partial charge in [0.15, 0.2) is 11.6 Å². The molecular weight excluding hydrogens is 300 g/mol. The minimum Gasteiger partial charge on any atom is -0.389 e. The van der Waals surface area contributed by atoms with Crippen molar-refractivity contribution in [3.63, 3.8) is 0 Å². The molecule has 0 aliphatic heterocycles. The van der Waals surface area contributed by atoms with Gasteiger partial charge in [-0.1, -0.05) is 19.4 Å². The summed E-state index contributed by atoms with van der Waals surface area (Å²) in [5.74, 6) is 3.67. The monoisotopic (exact) mass is 330 g/mol. The molecule has 0 saturated heterocycles. The van der Waals surface area contributed by atoms with E-state index in [1.807, 2.05) is 6.08 Å². The zero-order chi connectivity index (χ0) is 17.1. The Hall–Kier alpha value is -0.960. The van der Waals surface area contributed by atoms with Crippen LogP contribution in [0.5, 0.6) is 0 Å². The summed E-state index contributed by atoms with van der Waals surface area (Å²) in [5, 5.41) is 9.37. The topological polar surface area (TPSA) is 54.4 Å². The highest BCUT2D eigenvalue weighted by Gasteiger charge is 2.58. The van der Waals surface area contributed by atoms with Crippen LogP contribution in [-0.2, 0) is 9.59 Å². The number of carbonyl (C=O) groups is 2. The third kappa shape index (κ3) is 2.27.